The van der Waals surface area contributed by atoms with Crippen LogP contribution < -0.4 is 15.4 Å². The molecule has 0 atom stereocenters. The average Bonchev–Trinajstić information content (AvgIpc) is 3.27. The molecule has 2 aromatic heterocycles. The fourth-order valence-electron chi connectivity index (χ4n) is 3.51. The summed E-state index contributed by atoms with van der Waals surface area (Å²) in [6.45, 7) is 2.01. The summed E-state index contributed by atoms with van der Waals surface area (Å²) < 4.78 is 7.25. The van der Waals surface area contributed by atoms with Gasteiger partial charge in [-0.2, -0.15) is 20.5 Å². The summed E-state index contributed by atoms with van der Waals surface area (Å²) in [5.74, 6) is 3.92. The van der Waals surface area contributed by atoms with E-state index in [0.717, 1.165) is 22.4 Å². The van der Waals surface area contributed by atoms with Gasteiger partial charge < -0.3 is 19.9 Å². The highest BCUT2D eigenvalue weighted by molar-refractivity contribution is 5.88. The molecule has 0 radical (unpaired) electrons. The Balaban J connectivity index is 1.79. The molecular formula is C26H20N8O. The number of aryl methyl sites for hydroxylation is 1. The van der Waals surface area contributed by atoms with Gasteiger partial charge in [-0.1, -0.05) is 5.92 Å². The molecule has 0 saturated carbocycles. The lowest BCUT2D eigenvalue weighted by Gasteiger charge is -2.16. The maximum Gasteiger partial charge on any atom is 0.231 e. The van der Waals surface area contributed by atoms with Crippen LogP contribution in [0.15, 0.2) is 48.8 Å². The zero-order valence-electron chi connectivity index (χ0n) is 19.1. The van der Waals surface area contributed by atoms with E-state index in [2.05, 4.69) is 37.6 Å². The number of hydrogen-bond donors (Lipinski definition) is 2. The first-order valence-corrected chi connectivity index (χ1v) is 10.5. The van der Waals surface area contributed by atoms with E-state index in [4.69, 9.17) is 16.4 Å². The number of nitrogens with one attached hydrogen (secondary N) is 2. The van der Waals surface area contributed by atoms with E-state index in [1.165, 1.54) is 6.08 Å². The molecule has 0 spiro atoms. The lowest BCUT2D eigenvalue weighted by molar-refractivity contribution is 0.416. The Morgan fingerprint density at radius 1 is 1.14 bits per heavy atom. The van der Waals surface area contributed by atoms with Crippen molar-refractivity contribution in [1.29, 1.82) is 10.5 Å². The lowest BCUT2D eigenvalue weighted by Crippen LogP contribution is -2.06. The molecule has 4 aromatic rings. The van der Waals surface area contributed by atoms with E-state index in [9.17, 15) is 5.26 Å². The number of nitriles is 2. The third-order valence-corrected chi connectivity index (χ3v) is 5.15. The first-order valence-electron chi connectivity index (χ1n) is 10.5. The molecular weight excluding hydrogens is 440 g/mol. The normalized spacial score (nSPS) is 10.5. The van der Waals surface area contributed by atoms with E-state index in [0.29, 0.717) is 34.4 Å². The van der Waals surface area contributed by atoms with Crippen molar-refractivity contribution in [1.82, 2.24) is 19.5 Å². The summed E-state index contributed by atoms with van der Waals surface area (Å²) in [6, 6.07) is 15.2. The van der Waals surface area contributed by atoms with Gasteiger partial charge in [-0.15, -0.1) is 6.42 Å². The topological polar surface area (TPSA) is 124 Å². The summed E-state index contributed by atoms with van der Waals surface area (Å²) in [5.41, 5.74) is 4.92. The molecule has 170 valence electrons. The van der Waals surface area contributed by atoms with E-state index >= 15 is 0 Å². The second-order valence-corrected chi connectivity index (χ2v) is 7.45. The molecule has 2 N–H and O–H groups in total. The molecule has 2 aromatic carbocycles. The van der Waals surface area contributed by atoms with Crippen LogP contribution in [0.1, 0.15) is 16.7 Å². The van der Waals surface area contributed by atoms with Gasteiger partial charge in [-0.25, -0.2) is 4.98 Å². The fourth-order valence-corrected chi connectivity index (χ4v) is 3.51. The van der Waals surface area contributed by atoms with Crippen molar-refractivity contribution in [2.75, 3.05) is 17.7 Å². The van der Waals surface area contributed by atoms with Gasteiger partial charge in [-0.05, 0) is 60.5 Å². The van der Waals surface area contributed by atoms with Crippen LogP contribution in [-0.4, -0.2) is 26.6 Å². The molecule has 0 aliphatic carbocycles. The van der Waals surface area contributed by atoms with Crippen LogP contribution >= 0.6 is 0 Å². The number of terminal acetylenes is 1. The van der Waals surface area contributed by atoms with Gasteiger partial charge in [0.05, 0.1) is 31.3 Å². The molecule has 9 nitrogen and oxygen atoms in total. The van der Waals surface area contributed by atoms with Crippen molar-refractivity contribution in [3.05, 3.63) is 65.5 Å². The lowest BCUT2D eigenvalue weighted by atomic mass is 10.1. The quantitative estimate of drug-likeness (QED) is 0.301. The monoisotopic (exact) mass is 460 g/mol. The van der Waals surface area contributed by atoms with Gasteiger partial charge in [-0.3, -0.25) is 0 Å². The minimum absolute atomic E-state index is 0.0888. The smallest absolute Gasteiger partial charge is 0.231 e. The molecule has 0 aliphatic rings. The summed E-state index contributed by atoms with van der Waals surface area (Å²) >= 11 is 0. The van der Waals surface area contributed by atoms with Crippen molar-refractivity contribution in [2.24, 2.45) is 0 Å². The molecule has 0 unspecified atom stereocenters. The van der Waals surface area contributed by atoms with Gasteiger partial charge in [0, 0.05) is 17.3 Å². The first kappa shape index (κ1) is 22.8. The number of benzene rings is 2. The maximum absolute atomic E-state index is 9.22. The molecule has 0 amide bonds. The Bertz CT molecular complexity index is 1550. The second kappa shape index (κ2) is 10.1. The minimum Gasteiger partial charge on any atom is -0.495 e. The Labute approximate surface area is 202 Å². The Morgan fingerprint density at radius 3 is 2.63 bits per heavy atom. The number of fused-ring (bicyclic) bond motifs is 1. The number of methoxy groups -OCH3 is 1. The predicted molar refractivity (Wildman–Crippen MR) is 134 cm³/mol. The zero-order chi connectivity index (χ0) is 24.8. The first-order chi connectivity index (χ1) is 17.1. The van der Waals surface area contributed by atoms with Gasteiger partial charge in [0.25, 0.3) is 0 Å². The van der Waals surface area contributed by atoms with E-state index in [-0.39, 0.29) is 6.54 Å². The molecule has 9 heteroatoms. The summed E-state index contributed by atoms with van der Waals surface area (Å²) in [7, 11) is 1.57. The van der Waals surface area contributed by atoms with Crippen LogP contribution in [-0.2, 0) is 6.54 Å². The number of rotatable bonds is 7. The number of ether oxygens (including phenoxy) is 1. The highest BCUT2D eigenvalue weighted by Crippen LogP contribution is 2.34. The van der Waals surface area contributed by atoms with Crippen LogP contribution in [0.4, 0.5) is 23.1 Å². The van der Waals surface area contributed by atoms with Crippen molar-refractivity contribution >= 4 is 40.4 Å². The number of nitrogens with zero attached hydrogens (tertiary/aromatic N) is 6. The number of hydrogen-bond acceptors (Lipinski definition) is 8. The van der Waals surface area contributed by atoms with Crippen LogP contribution in [0.5, 0.6) is 5.75 Å². The predicted octanol–water partition coefficient (Wildman–Crippen LogP) is 4.67. The van der Waals surface area contributed by atoms with E-state index < -0.39 is 0 Å². The highest BCUT2D eigenvalue weighted by Gasteiger charge is 2.17. The Hall–Kier alpha value is -5.33. The molecule has 0 fully saturated rings. The number of allylic oxidation sites excluding steroid dienone is 1. The van der Waals surface area contributed by atoms with Gasteiger partial charge in [0.2, 0.25) is 5.95 Å². The maximum atomic E-state index is 9.22. The van der Waals surface area contributed by atoms with Crippen molar-refractivity contribution in [2.45, 2.75) is 13.5 Å². The van der Waals surface area contributed by atoms with Crippen molar-refractivity contribution in [3.63, 3.8) is 0 Å². The molecule has 0 saturated heterocycles. The largest absolute Gasteiger partial charge is 0.495 e. The van der Waals surface area contributed by atoms with E-state index in [1.807, 2.05) is 49.4 Å². The number of anilines is 4. The summed E-state index contributed by atoms with van der Waals surface area (Å²) in [6.07, 6.45) is 10.1. The zero-order valence-corrected chi connectivity index (χ0v) is 19.1. The van der Waals surface area contributed by atoms with Gasteiger partial charge >= 0.3 is 0 Å². The summed E-state index contributed by atoms with van der Waals surface area (Å²) in [4.78, 5) is 13.7. The van der Waals surface area contributed by atoms with Crippen molar-refractivity contribution in [3.8, 4) is 30.2 Å². The summed E-state index contributed by atoms with van der Waals surface area (Å²) in [5, 5.41) is 24.6. The third-order valence-electron chi connectivity index (χ3n) is 5.15. The second-order valence-electron chi connectivity index (χ2n) is 7.45. The minimum atomic E-state index is 0.0888. The molecule has 0 bridgehead atoms. The molecule has 35 heavy (non-hydrogen) atoms. The van der Waals surface area contributed by atoms with Crippen molar-refractivity contribution < 1.29 is 4.74 Å². The van der Waals surface area contributed by atoms with Crippen LogP contribution in [0.3, 0.4) is 0 Å². The van der Waals surface area contributed by atoms with Crippen LogP contribution in [0.25, 0.3) is 17.2 Å². The molecule has 0 aliphatic heterocycles. The Morgan fingerprint density at radius 2 is 1.94 bits per heavy atom. The third kappa shape index (κ3) is 4.88. The highest BCUT2D eigenvalue weighted by atomic mass is 16.5. The Kier molecular flexibility index (Phi) is 6.58. The molecule has 2 heterocycles. The van der Waals surface area contributed by atoms with Crippen LogP contribution in [0.2, 0.25) is 0 Å². The van der Waals surface area contributed by atoms with E-state index in [1.54, 1.807) is 24.1 Å². The average molecular weight is 461 g/mol. The van der Waals surface area contributed by atoms with Crippen LogP contribution in [0, 0.1) is 41.9 Å². The fraction of sp³-hybridized carbons (Fsp3) is 0.115. The SMILES string of the molecule is C#Cc1ccc(Nc2nc(Nc3c(C)cc(/C=C/C#N)cc3OC)c3ncn(CC#N)c3n2)cc1. The standard InChI is InChI=1S/C26H20N8O/c1-4-18-7-9-20(10-8-18)30-26-32-24(23-25(33-26)34(13-12-28)16-29-23)31-22-17(2)14-19(6-5-11-27)15-21(22)35-3/h1,5-10,14-16H,13H2,2-3H3,(H2,30,31,32,33)/b6-5+. The van der Waals surface area contributed by atoms with Gasteiger partial charge in [0.1, 0.15) is 12.3 Å². The number of imidazole rings is 1. The van der Waals surface area contributed by atoms with Gasteiger partial charge in [0.15, 0.2) is 17.0 Å². The number of aromatic nitrogens is 4. The molecule has 4 rings (SSSR count).